The molecule has 8 rings (SSSR count). The largest absolute Gasteiger partial charge is 0.508 e. The fraction of sp³-hybridized carbons (Fsp3) is 0.0667. The van der Waals surface area contributed by atoms with E-state index in [2.05, 4.69) is 10.2 Å². The van der Waals surface area contributed by atoms with E-state index in [0.717, 1.165) is 9.58 Å². The van der Waals surface area contributed by atoms with Crippen molar-refractivity contribution in [3.8, 4) is 61.9 Å². The normalized spacial score (nSPS) is 12.1. The van der Waals surface area contributed by atoms with Crippen molar-refractivity contribution in [2.24, 2.45) is 10.3 Å². The minimum Gasteiger partial charge on any atom is -0.508 e. The highest BCUT2D eigenvalue weighted by Crippen LogP contribution is 2.45. The van der Waals surface area contributed by atoms with Crippen LogP contribution in [0.4, 0.5) is 26.3 Å². The van der Waals surface area contributed by atoms with Crippen molar-refractivity contribution in [2.75, 3.05) is 6.26 Å². The lowest BCUT2D eigenvalue weighted by Crippen LogP contribution is -2.11. The number of thioether (sulfide) groups is 1. The Kier molecular flexibility index (Phi) is 12.9. The second kappa shape index (κ2) is 18.0. The summed E-state index contributed by atoms with van der Waals surface area (Å²) >= 11 is 1.51. The summed E-state index contributed by atoms with van der Waals surface area (Å²) in [6.07, 6.45) is -7.58. The van der Waals surface area contributed by atoms with E-state index < -0.39 is 43.8 Å². The number of hydrogen-bond donors (Lipinski definition) is 3. The van der Waals surface area contributed by atoms with Gasteiger partial charge in [-0.3, -0.25) is 0 Å². The number of halogens is 6. The van der Waals surface area contributed by atoms with Gasteiger partial charge in [-0.1, -0.05) is 84.9 Å². The summed E-state index contributed by atoms with van der Waals surface area (Å²) in [6, 6.07) is 39.2. The summed E-state index contributed by atoms with van der Waals surface area (Å²) < 4.78 is 133. The molecule has 0 atom stereocenters. The Hall–Kier alpha value is -6.71. The van der Waals surface area contributed by atoms with Gasteiger partial charge >= 0.3 is 12.4 Å². The highest BCUT2D eigenvalue weighted by molar-refractivity contribution is 7.98. The van der Waals surface area contributed by atoms with Crippen LogP contribution in [0, 0.1) is 0 Å². The summed E-state index contributed by atoms with van der Waals surface area (Å²) in [5.41, 5.74) is -0.0952. The Labute approximate surface area is 372 Å². The number of nitrogens with two attached hydrogens (primary N) is 2. The van der Waals surface area contributed by atoms with E-state index in [9.17, 15) is 48.3 Å². The molecule has 0 bridgehead atoms. The number of hydrogen-bond acceptors (Lipinski definition) is 8. The molecule has 2 aromatic heterocycles. The number of phenols is 1. The highest BCUT2D eigenvalue weighted by Gasteiger charge is 2.41. The molecule has 0 saturated heterocycles. The van der Waals surface area contributed by atoms with E-state index in [-0.39, 0.29) is 49.3 Å². The van der Waals surface area contributed by atoms with Crippen molar-refractivity contribution in [1.29, 1.82) is 0 Å². The number of rotatable bonds is 9. The van der Waals surface area contributed by atoms with Gasteiger partial charge in [-0.25, -0.2) is 36.5 Å². The van der Waals surface area contributed by atoms with Gasteiger partial charge in [0.15, 0.2) is 11.4 Å². The predicted molar refractivity (Wildman–Crippen MR) is 235 cm³/mol. The number of phenolic OH excluding ortho intramolecular Hbond substituents is 1. The molecule has 6 aromatic carbocycles. The molecule has 0 amide bonds. The van der Waals surface area contributed by atoms with E-state index in [4.69, 9.17) is 10.3 Å². The van der Waals surface area contributed by atoms with Gasteiger partial charge < -0.3 is 5.11 Å². The lowest BCUT2D eigenvalue weighted by Gasteiger charge is -2.12. The van der Waals surface area contributed by atoms with Gasteiger partial charge in [-0.2, -0.15) is 36.5 Å². The Bertz CT molecular complexity index is 3180. The van der Waals surface area contributed by atoms with Crippen LogP contribution in [0.1, 0.15) is 11.4 Å². The SMILES string of the molecule is CSc1ccc(-n2nc(C(F)(F)F)c(-c3ccccc3)c2-c2ccc(S(N)(=O)=O)cc2)cc1.NS(=O)(=O)c1ccc(-c2c(-c3ccccc3)c(C(F)(F)F)nn2-c2ccc(O)cc2)cc1. The quantitative estimate of drug-likeness (QED) is 0.0946. The first-order valence-corrected chi connectivity index (χ1v) is 23.2. The average Bonchev–Trinajstić information content (AvgIpc) is 3.89. The zero-order valence-corrected chi connectivity index (χ0v) is 36.0. The first kappa shape index (κ1) is 46.3. The molecule has 0 unspecified atom stereocenters. The van der Waals surface area contributed by atoms with E-state index >= 15 is 0 Å². The van der Waals surface area contributed by atoms with Gasteiger partial charge in [0.05, 0.1) is 32.6 Å². The minimum atomic E-state index is -4.76. The molecule has 0 spiro atoms. The van der Waals surface area contributed by atoms with Crippen molar-refractivity contribution in [3.05, 3.63) is 169 Å². The monoisotopic (exact) mass is 948 g/mol. The number of nitrogens with zero attached hydrogens (tertiary/aromatic N) is 4. The van der Waals surface area contributed by atoms with Crippen molar-refractivity contribution in [1.82, 2.24) is 19.6 Å². The molecule has 0 aliphatic heterocycles. The van der Waals surface area contributed by atoms with Crippen LogP contribution >= 0.6 is 11.8 Å². The number of alkyl halides is 6. The van der Waals surface area contributed by atoms with Gasteiger partial charge in [0.25, 0.3) is 0 Å². The van der Waals surface area contributed by atoms with Crippen LogP contribution in [0.5, 0.6) is 5.75 Å². The number of aromatic nitrogens is 4. The zero-order chi connectivity index (χ0) is 46.9. The van der Waals surface area contributed by atoms with Crippen molar-refractivity contribution >= 4 is 31.8 Å². The van der Waals surface area contributed by atoms with Crippen LogP contribution < -0.4 is 10.3 Å². The van der Waals surface area contributed by atoms with Crippen LogP contribution in [0.3, 0.4) is 0 Å². The van der Waals surface area contributed by atoms with E-state index in [1.807, 2.05) is 6.26 Å². The molecule has 0 aliphatic carbocycles. The van der Waals surface area contributed by atoms with E-state index in [0.29, 0.717) is 22.4 Å². The topological polar surface area (TPSA) is 176 Å². The Morgan fingerprint density at radius 2 is 0.831 bits per heavy atom. The molecule has 0 saturated carbocycles. The minimum absolute atomic E-state index is 0.0562. The second-order valence-corrected chi connectivity index (χ2v) is 18.1. The summed E-state index contributed by atoms with van der Waals surface area (Å²) in [5.74, 6) is -0.0562. The van der Waals surface area contributed by atoms with Gasteiger partial charge in [0.1, 0.15) is 5.75 Å². The molecule has 8 aromatic rings. The Balaban J connectivity index is 0.000000194. The maximum Gasteiger partial charge on any atom is 0.435 e. The highest BCUT2D eigenvalue weighted by atomic mass is 32.2. The molecule has 0 radical (unpaired) electrons. The third-order valence-electron chi connectivity index (χ3n) is 9.76. The standard InChI is InChI=1S/C23H18F3N3O2S2.C22H16F3N3O3S/c1-32-18-11-9-17(10-12-18)29-21(16-7-13-19(14-8-16)33(27,30)31)20(15-5-3-2-4-6-15)22(28-29)23(24,25)26;23-22(24,25)21-19(14-4-2-1-3-5-14)20(15-6-12-18(13-7-15)32(26,30)31)28(27-21)16-8-10-17(29)11-9-16/h2-14H,1H3,(H2,27,30,31);1-13,29H,(H2,26,30,31). The van der Waals surface area contributed by atoms with Crippen LogP contribution in [-0.2, 0) is 32.4 Å². The summed E-state index contributed by atoms with van der Waals surface area (Å²) in [6.45, 7) is 0. The molecule has 0 fully saturated rings. The second-order valence-electron chi connectivity index (χ2n) is 14.0. The van der Waals surface area contributed by atoms with Gasteiger partial charge in [-0.05, 0) is 90.2 Å². The summed E-state index contributed by atoms with van der Waals surface area (Å²) in [7, 11) is -7.94. The number of benzene rings is 6. The first-order valence-electron chi connectivity index (χ1n) is 18.9. The van der Waals surface area contributed by atoms with Crippen LogP contribution in [0.15, 0.2) is 172 Å². The Morgan fingerprint density at radius 1 is 0.492 bits per heavy atom. The third-order valence-corrected chi connectivity index (χ3v) is 12.4. The molecule has 65 heavy (non-hydrogen) atoms. The van der Waals surface area contributed by atoms with Gasteiger partial charge in [0, 0.05) is 27.1 Å². The van der Waals surface area contributed by atoms with E-state index in [1.165, 1.54) is 101 Å². The zero-order valence-electron chi connectivity index (χ0n) is 33.5. The first-order chi connectivity index (χ1) is 30.6. The molecule has 5 N–H and O–H groups in total. The molecule has 2 heterocycles. The lowest BCUT2D eigenvalue weighted by molar-refractivity contribution is -0.141. The average molecular weight is 949 g/mol. The molecule has 0 aliphatic rings. The summed E-state index contributed by atoms with van der Waals surface area (Å²) in [5, 5.41) is 27.8. The lowest BCUT2D eigenvalue weighted by atomic mass is 9.98. The van der Waals surface area contributed by atoms with Crippen molar-refractivity contribution < 1.29 is 48.3 Å². The maximum atomic E-state index is 14.1. The Morgan fingerprint density at radius 3 is 1.14 bits per heavy atom. The smallest absolute Gasteiger partial charge is 0.435 e. The van der Waals surface area contributed by atoms with Crippen LogP contribution in [-0.4, -0.2) is 47.8 Å². The molecule has 11 nitrogen and oxygen atoms in total. The molecule has 334 valence electrons. The fourth-order valence-electron chi connectivity index (χ4n) is 6.82. The molecular weight excluding hydrogens is 915 g/mol. The van der Waals surface area contributed by atoms with Crippen LogP contribution in [0.25, 0.3) is 56.1 Å². The summed E-state index contributed by atoms with van der Waals surface area (Å²) in [4.78, 5) is 0.637. The van der Waals surface area contributed by atoms with Gasteiger partial charge in [0.2, 0.25) is 20.0 Å². The molecular formula is C45H34F6N6O5S3. The predicted octanol–water partition coefficient (Wildman–Crippen LogP) is 10.2. The number of primary sulfonamides is 2. The van der Waals surface area contributed by atoms with Gasteiger partial charge in [-0.15, -0.1) is 11.8 Å². The fourth-order valence-corrected chi connectivity index (χ4v) is 8.26. The number of sulfonamides is 2. The third kappa shape index (κ3) is 10.2. The van der Waals surface area contributed by atoms with Crippen molar-refractivity contribution in [2.45, 2.75) is 27.0 Å². The van der Waals surface area contributed by atoms with Crippen LogP contribution in [0.2, 0.25) is 0 Å². The van der Waals surface area contributed by atoms with Crippen molar-refractivity contribution in [3.63, 3.8) is 0 Å². The van der Waals surface area contributed by atoms with E-state index in [1.54, 1.807) is 72.8 Å². The maximum absolute atomic E-state index is 14.1. The molecule has 20 heteroatoms. The number of aromatic hydroxyl groups is 1.